The zero-order valence-corrected chi connectivity index (χ0v) is 18.8. The number of rotatable bonds is 5. The van der Waals surface area contributed by atoms with Gasteiger partial charge in [-0.3, -0.25) is 9.59 Å². The molecule has 7 nitrogen and oxygen atoms in total. The molecule has 0 fully saturated rings. The number of hydrogen-bond acceptors (Lipinski definition) is 5. The first kappa shape index (κ1) is 21.1. The van der Waals surface area contributed by atoms with Gasteiger partial charge in [-0.25, -0.2) is 9.97 Å². The summed E-state index contributed by atoms with van der Waals surface area (Å²) in [6.45, 7) is 5.30. The molecule has 1 aliphatic carbocycles. The quantitative estimate of drug-likeness (QED) is 0.632. The van der Waals surface area contributed by atoms with E-state index in [1.807, 2.05) is 18.2 Å². The first-order valence-electron chi connectivity index (χ1n) is 11.2. The molecule has 2 aliphatic rings. The number of aryl methyl sites for hydroxylation is 1. The highest BCUT2D eigenvalue weighted by atomic mass is 16.5. The van der Waals surface area contributed by atoms with E-state index in [4.69, 9.17) is 4.74 Å². The molecule has 168 valence electrons. The van der Waals surface area contributed by atoms with E-state index in [1.165, 1.54) is 34.6 Å². The van der Waals surface area contributed by atoms with Gasteiger partial charge in [0.05, 0.1) is 12.6 Å². The molecular formula is C26H26N4O3. The number of benzene rings is 2. The molecule has 0 saturated carbocycles. The van der Waals surface area contributed by atoms with Crippen molar-refractivity contribution < 1.29 is 14.3 Å². The van der Waals surface area contributed by atoms with E-state index in [9.17, 15) is 9.59 Å². The lowest BCUT2D eigenvalue weighted by Gasteiger charge is -2.15. The molecule has 0 bridgehead atoms. The van der Waals surface area contributed by atoms with Crippen molar-refractivity contribution in [1.29, 1.82) is 0 Å². The first-order chi connectivity index (χ1) is 16.0. The van der Waals surface area contributed by atoms with E-state index in [1.54, 1.807) is 0 Å². The molecule has 2 aromatic carbocycles. The summed E-state index contributed by atoms with van der Waals surface area (Å²) in [6, 6.07) is 11.5. The van der Waals surface area contributed by atoms with Gasteiger partial charge in [0.2, 0.25) is 0 Å². The Morgan fingerprint density at radius 1 is 1.03 bits per heavy atom. The van der Waals surface area contributed by atoms with Crippen LogP contribution in [0.15, 0.2) is 42.7 Å². The Morgan fingerprint density at radius 2 is 1.85 bits per heavy atom. The normalized spacial score (nSPS) is 16.0. The fourth-order valence-corrected chi connectivity index (χ4v) is 4.61. The highest BCUT2D eigenvalue weighted by Gasteiger charge is 2.26. The van der Waals surface area contributed by atoms with E-state index < -0.39 is 0 Å². The van der Waals surface area contributed by atoms with Crippen molar-refractivity contribution in [1.82, 2.24) is 20.6 Å². The van der Waals surface area contributed by atoms with Crippen LogP contribution < -0.4 is 15.4 Å². The SMILES string of the molecule is Cc1ccc2c(c1C)CC[C@@H]2NC(=O)c1cc(C(=O)NCc2ccc3c(c2)CCO3)ncn1. The molecule has 0 saturated heterocycles. The number of hydrogen-bond donors (Lipinski definition) is 2. The van der Waals surface area contributed by atoms with Gasteiger partial charge >= 0.3 is 0 Å². The minimum Gasteiger partial charge on any atom is -0.493 e. The molecule has 7 heteroatoms. The largest absolute Gasteiger partial charge is 0.493 e. The van der Waals surface area contributed by atoms with Crippen LogP contribution in [0.1, 0.15) is 66.8 Å². The van der Waals surface area contributed by atoms with Crippen molar-refractivity contribution in [2.75, 3.05) is 6.61 Å². The van der Waals surface area contributed by atoms with Gasteiger partial charge in [0.15, 0.2) is 0 Å². The van der Waals surface area contributed by atoms with Crippen molar-refractivity contribution in [2.45, 2.75) is 45.7 Å². The van der Waals surface area contributed by atoms with Crippen LogP contribution in [0, 0.1) is 13.8 Å². The Morgan fingerprint density at radius 3 is 2.70 bits per heavy atom. The Bertz CT molecular complexity index is 1250. The van der Waals surface area contributed by atoms with Gasteiger partial charge in [-0.1, -0.05) is 24.3 Å². The molecule has 0 spiro atoms. The van der Waals surface area contributed by atoms with Gasteiger partial charge in [0, 0.05) is 19.0 Å². The third-order valence-electron chi connectivity index (χ3n) is 6.61. The maximum Gasteiger partial charge on any atom is 0.270 e. The van der Waals surface area contributed by atoms with Crippen LogP contribution >= 0.6 is 0 Å². The number of ether oxygens (including phenoxy) is 1. The molecular weight excluding hydrogens is 416 g/mol. The minimum absolute atomic E-state index is 0.0529. The van der Waals surface area contributed by atoms with Crippen LogP contribution in [0.2, 0.25) is 0 Å². The van der Waals surface area contributed by atoms with Crippen molar-refractivity contribution in [2.24, 2.45) is 0 Å². The standard InChI is InChI=1S/C26H26N4O3/c1-15-3-5-20-19(16(15)2)6-7-21(20)30-26(32)23-12-22(28-14-29-23)25(31)27-13-17-4-8-24-18(11-17)9-10-33-24/h3-5,8,11-12,14,21H,6-7,9-10,13H2,1-2H3,(H,27,31)(H,30,32)/t21-/m0/s1. The minimum atomic E-state index is -0.347. The zero-order valence-electron chi connectivity index (χ0n) is 18.8. The molecule has 0 unspecified atom stereocenters. The Kier molecular flexibility index (Phi) is 5.54. The first-order valence-corrected chi connectivity index (χ1v) is 11.2. The number of amides is 2. The summed E-state index contributed by atoms with van der Waals surface area (Å²) in [4.78, 5) is 33.7. The van der Waals surface area contributed by atoms with Crippen LogP contribution in [-0.4, -0.2) is 28.4 Å². The van der Waals surface area contributed by atoms with Crippen molar-refractivity contribution in [3.63, 3.8) is 0 Å². The van der Waals surface area contributed by atoms with Gasteiger partial charge in [0.25, 0.3) is 11.8 Å². The van der Waals surface area contributed by atoms with Crippen LogP contribution in [-0.2, 0) is 19.4 Å². The van der Waals surface area contributed by atoms with E-state index in [0.29, 0.717) is 13.2 Å². The third-order valence-corrected chi connectivity index (χ3v) is 6.61. The molecule has 2 N–H and O–H groups in total. The molecule has 2 heterocycles. The Labute approximate surface area is 192 Å². The van der Waals surface area contributed by atoms with Crippen LogP contribution in [0.4, 0.5) is 0 Å². The summed E-state index contributed by atoms with van der Waals surface area (Å²) >= 11 is 0. The lowest BCUT2D eigenvalue weighted by atomic mass is 9.99. The summed E-state index contributed by atoms with van der Waals surface area (Å²) in [5.41, 5.74) is 7.53. The topological polar surface area (TPSA) is 93.2 Å². The smallest absolute Gasteiger partial charge is 0.270 e. The second-order valence-corrected chi connectivity index (χ2v) is 8.65. The van der Waals surface area contributed by atoms with E-state index in [2.05, 4.69) is 46.6 Å². The second kappa shape index (κ2) is 8.65. The molecule has 1 aliphatic heterocycles. The number of aromatic nitrogens is 2. The van der Waals surface area contributed by atoms with Crippen molar-refractivity contribution in [3.05, 3.63) is 87.5 Å². The van der Waals surface area contributed by atoms with Gasteiger partial charge in [0.1, 0.15) is 23.5 Å². The molecule has 33 heavy (non-hydrogen) atoms. The third kappa shape index (κ3) is 4.18. The summed E-state index contributed by atoms with van der Waals surface area (Å²) in [5, 5.41) is 5.94. The van der Waals surface area contributed by atoms with Crippen LogP contribution in [0.5, 0.6) is 5.75 Å². The summed E-state index contributed by atoms with van der Waals surface area (Å²) in [7, 11) is 0. The van der Waals surface area contributed by atoms with Crippen molar-refractivity contribution in [3.8, 4) is 5.75 Å². The molecule has 3 aromatic rings. The van der Waals surface area contributed by atoms with Crippen LogP contribution in [0.3, 0.4) is 0 Å². The fraction of sp³-hybridized carbons (Fsp3) is 0.308. The molecule has 5 rings (SSSR count). The number of carbonyl (C=O) groups excluding carboxylic acids is 2. The van der Waals surface area contributed by atoms with E-state index in [-0.39, 0.29) is 29.2 Å². The van der Waals surface area contributed by atoms with Gasteiger partial charge in [-0.05, 0) is 66.1 Å². The zero-order chi connectivity index (χ0) is 22.9. The maximum atomic E-state index is 12.9. The summed E-state index contributed by atoms with van der Waals surface area (Å²) < 4.78 is 5.52. The summed E-state index contributed by atoms with van der Waals surface area (Å²) in [6.07, 6.45) is 3.94. The number of carbonyl (C=O) groups is 2. The van der Waals surface area contributed by atoms with Crippen LogP contribution in [0.25, 0.3) is 0 Å². The number of fused-ring (bicyclic) bond motifs is 2. The highest BCUT2D eigenvalue weighted by Crippen LogP contribution is 2.34. The monoisotopic (exact) mass is 442 g/mol. The van der Waals surface area contributed by atoms with Crippen molar-refractivity contribution >= 4 is 11.8 Å². The lowest BCUT2D eigenvalue weighted by Crippen LogP contribution is -2.29. The number of nitrogens with one attached hydrogen (secondary N) is 2. The van der Waals surface area contributed by atoms with Gasteiger partial charge < -0.3 is 15.4 Å². The Hall–Kier alpha value is -3.74. The molecule has 1 atom stereocenters. The number of nitrogens with zero attached hydrogens (tertiary/aromatic N) is 2. The predicted octanol–water partition coefficient (Wildman–Crippen LogP) is 3.38. The van der Waals surface area contributed by atoms with E-state index >= 15 is 0 Å². The second-order valence-electron chi connectivity index (χ2n) is 8.65. The fourth-order valence-electron chi connectivity index (χ4n) is 4.61. The highest BCUT2D eigenvalue weighted by molar-refractivity contribution is 5.97. The average Bonchev–Trinajstić information content (AvgIpc) is 3.47. The molecule has 2 amide bonds. The lowest BCUT2D eigenvalue weighted by molar-refractivity contribution is 0.0931. The molecule has 1 aromatic heterocycles. The average molecular weight is 443 g/mol. The van der Waals surface area contributed by atoms with Gasteiger partial charge in [-0.2, -0.15) is 0 Å². The maximum absolute atomic E-state index is 12.9. The Balaban J connectivity index is 1.24. The van der Waals surface area contributed by atoms with Gasteiger partial charge in [-0.15, -0.1) is 0 Å². The summed E-state index contributed by atoms with van der Waals surface area (Å²) in [5.74, 6) is 0.258. The molecule has 0 radical (unpaired) electrons. The predicted molar refractivity (Wildman–Crippen MR) is 123 cm³/mol. The van der Waals surface area contributed by atoms with E-state index in [0.717, 1.165) is 36.1 Å².